The van der Waals surface area contributed by atoms with Crippen LogP contribution in [0.1, 0.15) is 25.5 Å². The maximum absolute atomic E-state index is 13.2. The Morgan fingerprint density at radius 2 is 2.26 bits per heavy atom. The third-order valence-electron chi connectivity index (χ3n) is 3.64. The van der Waals surface area contributed by atoms with Gasteiger partial charge in [-0.2, -0.15) is 0 Å². The van der Waals surface area contributed by atoms with Gasteiger partial charge < -0.3 is 14.0 Å². The van der Waals surface area contributed by atoms with Gasteiger partial charge in [0, 0.05) is 11.6 Å². The van der Waals surface area contributed by atoms with Gasteiger partial charge in [-0.25, -0.2) is 9.18 Å². The molecule has 6 heteroatoms. The molecule has 2 aromatic rings. The van der Waals surface area contributed by atoms with Crippen LogP contribution in [0.15, 0.2) is 34.9 Å². The molecule has 0 N–H and O–H groups in total. The van der Waals surface area contributed by atoms with Gasteiger partial charge in [-0.3, -0.25) is 0 Å². The van der Waals surface area contributed by atoms with Gasteiger partial charge in [-0.15, -0.1) is 0 Å². The van der Waals surface area contributed by atoms with Crippen molar-refractivity contribution in [1.82, 2.24) is 5.16 Å². The summed E-state index contributed by atoms with van der Waals surface area (Å²) in [6, 6.07) is 7.63. The van der Waals surface area contributed by atoms with Crippen LogP contribution < -0.4 is 0 Å². The smallest absolute Gasteiger partial charge is 0.335 e. The average Bonchev–Trinajstić information content (AvgIpc) is 3.26. The predicted molar refractivity (Wildman–Crippen MR) is 79.8 cm³/mol. The van der Waals surface area contributed by atoms with Gasteiger partial charge in [0.25, 0.3) is 0 Å². The van der Waals surface area contributed by atoms with Crippen LogP contribution in [0.25, 0.3) is 11.3 Å². The van der Waals surface area contributed by atoms with Gasteiger partial charge in [0.2, 0.25) is 0 Å². The van der Waals surface area contributed by atoms with E-state index in [4.69, 9.17) is 14.0 Å². The summed E-state index contributed by atoms with van der Waals surface area (Å²) in [4.78, 5) is 11.8. The van der Waals surface area contributed by atoms with Crippen LogP contribution in [0, 0.1) is 11.7 Å². The van der Waals surface area contributed by atoms with Crippen molar-refractivity contribution in [1.29, 1.82) is 0 Å². The predicted octanol–water partition coefficient (Wildman–Crippen LogP) is 3.34. The molecule has 1 aromatic carbocycles. The standard InChI is InChI=1S/C17H18FNO4/c1-11(21-9-12-5-6-12)17(20)22-10-15-8-16(23-19-15)13-3-2-4-14(18)7-13/h2-4,7-8,11-12H,5-6,9-10H2,1H3/t11-/m1/s1. The largest absolute Gasteiger partial charge is 0.457 e. The molecule has 23 heavy (non-hydrogen) atoms. The van der Waals surface area contributed by atoms with Crippen molar-refractivity contribution in [2.45, 2.75) is 32.5 Å². The summed E-state index contributed by atoms with van der Waals surface area (Å²) in [5.41, 5.74) is 1.04. The Bertz CT molecular complexity index is 681. The van der Waals surface area contributed by atoms with E-state index in [2.05, 4.69) is 5.16 Å². The van der Waals surface area contributed by atoms with Gasteiger partial charge in [0.1, 0.15) is 18.1 Å². The molecule has 1 aliphatic rings. The molecule has 0 bridgehead atoms. The van der Waals surface area contributed by atoms with E-state index in [1.807, 2.05) is 0 Å². The van der Waals surface area contributed by atoms with E-state index in [1.165, 1.54) is 25.0 Å². The fourth-order valence-corrected chi connectivity index (χ4v) is 2.05. The highest BCUT2D eigenvalue weighted by molar-refractivity contribution is 5.74. The van der Waals surface area contributed by atoms with Crippen LogP contribution in [0.3, 0.4) is 0 Å². The second-order valence-corrected chi connectivity index (χ2v) is 5.72. The fourth-order valence-electron chi connectivity index (χ4n) is 2.05. The zero-order chi connectivity index (χ0) is 16.2. The van der Waals surface area contributed by atoms with E-state index in [9.17, 15) is 9.18 Å². The van der Waals surface area contributed by atoms with Gasteiger partial charge in [0.05, 0.1) is 6.61 Å². The molecule has 5 nitrogen and oxygen atoms in total. The molecule has 1 fully saturated rings. The number of halogens is 1. The van der Waals surface area contributed by atoms with Gasteiger partial charge in [-0.05, 0) is 37.8 Å². The maximum atomic E-state index is 13.2. The highest BCUT2D eigenvalue weighted by Gasteiger charge is 2.24. The summed E-state index contributed by atoms with van der Waals surface area (Å²) in [5, 5.41) is 3.82. The molecule has 1 heterocycles. The molecule has 122 valence electrons. The molecule has 0 spiro atoms. The number of nitrogens with zero attached hydrogens (tertiary/aromatic N) is 1. The van der Waals surface area contributed by atoms with Crippen molar-refractivity contribution in [3.63, 3.8) is 0 Å². The first-order chi connectivity index (χ1) is 11.1. The van der Waals surface area contributed by atoms with Crippen LogP contribution in [0.4, 0.5) is 4.39 Å². The van der Waals surface area contributed by atoms with Crippen molar-refractivity contribution in [3.8, 4) is 11.3 Å². The average molecular weight is 319 g/mol. The molecule has 1 atom stereocenters. The first-order valence-corrected chi connectivity index (χ1v) is 7.61. The minimum atomic E-state index is -0.592. The first-order valence-electron chi connectivity index (χ1n) is 7.61. The molecule has 0 radical (unpaired) electrons. The lowest BCUT2D eigenvalue weighted by Gasteiger charge is -2.11. The van der Waals surface area contributed by atoms with E-state index in [0.717, 1.165) is 0 Å². The molecule has 1 aliphatic carbocycles. The third kappa shape index (κ3) is 4.39. The van der Waals surface area contributed by atoms with Crippen LogP contribution in [0.2, 0.25) is 0 Å². The number of carbonyl (C=O) groups is 1. The van der Waals surface area contributed by atoms with Gasteiger partial charge in [0.15, 0.2) is 11.9 Å². The minimum Gasteiger partial charge on any atom is -0.457 e. The van der Waals surface area contributed by atoms with E-state index in [1.54, 1.807) is 25.1 Å². The zero-order valence-electron chi connectivity index (χ0n) is 12.8. The number of benzene rings is 1. The summed E-state index contributed by atoms with van der Waals surface area (Å²) in [5.74, 6) is 0.234. The molecule has 3 rings (SSSR count). The number of ether oxygens (including phenoxy) is 2. The lowest BCUT2D eigenvalue weighted by atomic mass is 10.1. The van der Waals surface area contributed by atoms with Crippen molar-refractivity contribution in [2.75, 3.05) is 6.61 Å². The van der Waals surface area contributed by atoms with Crippen molar-refractivity contribution in [3.05, 3.63) is 41.8 Å². The molecular formula is C17H18FNO4. The Kier molecular flexibility index (Phi) is 4.71. The van der Waals surface area contributed by atoms with Crippen molar-refractivity contribution < 1.29 is 23.2 Å². The molecule has 1 aromatic heterocycles. The number of esters is 1. The van der Waals surface area contributed by atoms with E-state index >= 15 is 0 Å². The molecule has 0 amide bonds. The Morgan fingerprint density at radius 1 is 1.43 bits per heavy atom. The SMILES string of the molecule is C[C@@H](OCC1CC1)C(=O)OCc1cc(-c2cccc(F)c2)on1. The third-order valence-corrected chi connectivity index (χ3v) is 3.64. The highest BCUT2D eigenvalue weighted by atomic mass is 19.1. The summed E-state index contributed by atoms with van der Waals surface area (Å²) in [6.07, 6.45) is 1.75. The normalized spacial score (nSPS) is 15.4. The van der Waals surface area contributed by atoms with Crippen LogP contribution >= 0.6 is 0 Å². The van der Waals surface area contributed by atoms with Gasteiger partial charge in [-0.1, -0.05) is 17.3 Å². The molecule has 0 unspecified atom stereocenters. The quantitative estimate of drug-likeness (QED) is 0.733. The number of rotatable bonds is 7. The summed E-state index contributed by atoms with van der Waals surface area (Å²) in [6.45, 7) is 2.27. The Morgan fingerprint density at radius 3 is 3.00 bits per heavy atom. The lowest BCUT2D eigenvalue weighted by molar-refractivity contribution is -0.157. The van der Waals surface area contributed by atoms with Crippen molar-refractivity contribution in [2.24, 2.45) is 5.92 Å². The number of aromatic nitrogens is 1. The molecular weight excluding hydrogens is 301 g/mol. The first kappa shape index (κ1) is 15.7. The summed E-state index contributed by atoms with van der Waals surface area (Å²) >= 11 is 0. The Labute approximate surface area is 133 Å². The van der Waals surface area contributed by atoms with Gasteiger partial charge >= 0.3 is 5.97 Å². The fraction of sp³-hybridized carbons (Fsp3) is 0.412. The second kappa shape index (κ2) is 6.91. The van der Waals surface area contributed by atoms with Crippen LogP contribution in [0.5, 0.6) is 0 Å². The summed E-state index contributed by atoms with van der Waals surface area (Å²) < 4.78 is 28.9. The van der Waals surface area contributed by atoms with Crippen LogP contribution in [-0.2, 0) is 20.9 Å². The van der Waals surface area contributed by atoms with E-state index in [-0.39, 0.29) is 12.4 Å². The molecule has 1 saturated carbocycles. The topological polar surface area (TPSA) is 61.6 Å². The molecule has 0 aliphatic heterocycles. The lowest BCUT2D eigenvalue weighted by Crippen LogP contribution is -2.24. The second-order valence-electron chi connectivity index (χ2n) is 5.72. The molecule has 0 saturated heterocycles. The summed E-state index contributed by atoms with van der Waals surface area (Å²) in [7, 11) is 0. The Balaban J connectivity index is 1.51. The van der Waals surface area contributed by atoms with Crippen molar-refractivity contribution >= 4 is 5.97 Å². The van der Waals surface area contributed by atoms with E-state index < -0.39 is 12.1 Å². The zero-order valence-corrected chi connectivity index (χ0v) is 12.8. The maximum Gasteiger partial charge on any atom is 0.335 e. The minimum absolute atomic E-state index is 0.00518. The number of carbonyl (C=O) groups excluding carboxylic acids is 1. The monoisotopic (exact) mass is 319 g/mol. The number of hydrogen-bond acceptors (Lipinski definition) is 5. The van der Waals surface area contributed by atoms with E-state index in [0.29, 0.717) is 29.5 Å². The highest BCUT2D eigenvalue weighted by Crippen LogP contribution is 2.29. The number of hydrogen-bond donors (Lipinski definition) is 0. The van der Waals surface area contributed by atoms with Crippen LogP contribution in [-0.4, -0.2) is 23.8 Å². The Hall–Kier alpha value is -2.21.